The molecule has 3 heterocycles. The molecule has 0 radical (unpaired) electrons. The van der Waals surface area contributed by atoms with Crippen LogP contribution in [-0.2, 0) is 11.8 Å². The minimum absolute atomic E-state index is 0.207. The summed E-state index contributed by atoms with van der Waals surface area (Å²) in [4.78, 5) is 22.2. The fourth-order valence-electron chi connectivity index (χ4n) is 3.54. The lowest BCUT2D eigenvalue weighted by atomic mass is 10.1. The number of benzene rings is 1. The van der Waals surface area contributed by atoms with E-state index >= 15 is 0 Å². The number of ether oxygens (including phenoxy) is 1. The number of nitrogens with two attached hydrogens (primary N) is 1. The average molecular weight is 434 g/mol. The van der Waals surface area contributed by atoms with E-state index in [4.69, 9.17) is 20.7 Å². The number of aromatic nitrogens is 3. The topological polar surface area (TPSA) is 122 Å². The van der Waals surface area contributed by atoms with Crippen LogP contribution in [0.2, 0.25) is 0 Å². The third-order valence-electron chi connectivity index (χ3n) is 5.18. The lowest BCUT2D eigenvalue weighted by Gasteiger charge is -2.27. The molecule has 0 aliphatic carbocycles. The molecule has 1 aliphatic rings. The maximum atomic E-state index is 11.4. The number of nitrogens with zero attached hydrogens (tertiary/aromatic N) is 5. The van der Waals surface area contributed by atoms with Crippen LogP contribution in [0.5, 0.6) is 5.75 Å². The van der Waals surface area contributed by atoms with Gasteiger partial charge in [-0.2, -0.15) is 5.26 Å². The molecule has 0 saturated carbocycles. The van der Waals surface area contributed by atoms with E-state index in [0.29, 0.717) is 17.1 Å². The number of pyridine rings is 1. The van der Waals surface area contributed by atoms with E-state index < -0.39 is 0 Å². The fraction of sp³-hybridized carbons (Fsp3) is 0.304. The zero-order valence-corrected chi connectivity index (χ0v) is 18.3. The number of hydrogen-bond donors (Lipinski definition) is 2. The van der Waals surface area contributed by atoms with Crippen LogP contribution < -0.4 is 20.7 Å². The smallest absolute Gasteiger partial charge is 0.247 e. The summed E-state index contributed by atoms with van der Waals surface area (Å²) in [5, 5.41) is 11.3. The molecule has 1 saturated heterocycles. The van der Waals surface area contributed by atoms with Crippen LogP contribution in [0, 0.1) is 11.3 Å². The summed E-state index contributed by atoms with van der Waals surface area (Å²) in [6.07, 6.45) is 6.40. The number of fused-ring (bicyclic) bond motifs is 1. The summed E-state index contributed by atoms with van der Waals surface area (Å²) in [5.74, 6) is 1.61. The molecular formula is C23H27N7O2. The van der Waals surface area contributed by atoms with Crippen LogP contribution in [0.25, 0.3) is 11.0 Å². The maximum Gasteiger partial charge on any atom is 0.247 e. The second-order valence-corrected chi connectivity index (χ2v) is 7.34. The third-order valence-corrected chi connectivity index (χ3v) is 5.18. The van der Waals surface area contributed by atoms with Gasteiger partial charge in [-0.1, -0.05) is 6.58 Å². The molecule has 3 aromatic rings. The number of carbonyl (C=O) groups excluding carboxylic acids is 1. The van der Waals surface area contributed by atoms with Crippen molar-refractivity contribution < 1.29 is 9.53 Å². The highest BCUT2D eigenvalue weighted by Crippen LogP contribution is 2.26. The highest BCUT2D eigenvalue weighted by Gasteiger charge is 2.17. The highest BCUT2D eigenvalue weighted by molar-refractivity contribution is 6.00. The Kier molecular flexibility index (Phi) is 7.29. The molecule has 0 atom stereocenters. The largest absolute Gasteiger partial charge is 0.495 e. The number of hydrogen-bond acceptors (Lipinski definition) is 7. The average Bonchev–Trinajstić information content (AvgIpc) is 3.15. The van der Waals surface area contributed by atoms with Gasteiger partial charge in [-0.05, 0) is 43.5 Å². The van der Waals surface area contributed by atoms with E-state index in [9.17, 15) is 4.79 Å². The lowest BCUT2D eigenvalue weighted by molar-refractivity contribution is -0.111. The summed E-state index contributed by atoms with van der Waals surface area (Å²) in [6.45, 7) is 5.59. The van der Waals surface area contributed by atoms with Crippen LogP contribution in [0.3, 0.4) is 0 Å². The molecular weight excluding hydrogens is 406 g/mol. The second-order valence-electron chi connectivity index (χ2n) is 7.34. The van der Waals surface area contributed by atoms with Gasteiger partial charge in [-0.25, -0.2) is 9.97 Å². The number of imidazole rings is 1. The molecule has 1 amide bonds. The number of nitrogens with one attached hydrogen (secondary N) is 1. The predicted molar refractivity (Wildman–Crippen MR) is 126 cm³/mol. The van der Waals surface area contributed by atoms with Crippen LogP contribution in [0.1, 0.15) is 24.8 Å². The first kappa shape index (κ1) is 22.6. The van der Waals surface area contributed by atoms with Gasteiger partial charge in [-0.15, -0.1) is 0 Å². The molecule has 9 nitrogen and oxygen atoms in total. The maximum absolute atomic E-state index is 11.4. The van der Waals surface area contributed by atoms with Gasteiger partial charge >= 0.3 is 0 Å². The first-order valence-corrected chi connectivity index (χ1v) is 10.3. The molecule has 0 unspecified atom stereocenters. The van der Waals surface area contributed by atoms with Crippen LogP contribution >= 0.6 is 0 Å². The molecule has 9 heteroatoms. The molecule has 3 N–H and O–H groups in total. The minimum Gasteiger partial charge on any atom is -0.495 e. The molecule has 1 aliphatic heterocycles. The third kappa shape index (κ3) is 5.16. The van der Waals surface area contributed by atoms with Crippen molar-refractivity contribution in [3.63, 3.8) is 0 Å². The number of aryl methyl sites for hydroxylation is 1. The SMILES string of the molecule is C=CC(=O)Nc1ccc2c(c1)nc(N1CCCCC1)n2C.COc1cc(N)ncc1C#N. The Bertz CT molecular complexity index is 1160. The van der Waals surface area contributed by atoms with Gasteiger partial charge in [0.05, 0.1) is 24.3 Å². The molecule has 0 bridgehead atoms. The number of amides is 1. The molecule has 1 aromatic carbocycles. The monoisotopic (exact) mass is 433 g/mol. The zero-order chi connectivity index (χ0) is 23.1. The summed E-state index contributed by atoms with van der Waals surface area (Å²) >= 11 is 0. The Balaban J connectivity index is 0.000000222. The zero-order valence-electron chi connectivity index (χ0n) is 18.3. The van der Waals surface area contributed by atoms with Gasteiger partial charge < -0.3 is 25.3 Å². The number of nitriles is 1. The van der Waals surface area contributed by atoms with E-state index in [1.54, 1.807) is 0 Å². The number of rotatable bonds is 4. The summed E-state index contributed by atoms with van der Waals surface area (Å²) in [7, 11) is 3.52. The molecule has 32 heavy (non-hydrogen) atoms. The fourth-order valence-corrected chi connectivity index (χ4v) is 3.54. The van der Waals surface area contributed by atoms with E-state index in [1.165, 1.54) is 44.7 Å². The molecule has 4 rings (SSSR count). The highest BCUT2D eigenvalue weighted by atomic mass is 16.5. The summed E-state index contributed by atoms with van der Waals surface area (Å²) in [5.41, 5.74) is 8.47. The van der Waals surface area contributed by atoms with E-state index in [2.05, 4.69) is 26.3 Å². The van der Waals surface area contributed by atoms with Crippen molar-refractivity contribution in [1.82, 2.24) is 14.5 Å². The van der Waals surface area contributed by atoms with Crippen molar-refractivity contribution in [2.45, 2.75) is 19.3 Å². The standard InChI is InChI=1S/C16H20N4O.C7H7N3O/c1-3-15(21)17-12-7-8-14-13(11-12)18-16(19(14)2)20-9-5-4-6-10-20;1-11-6-2-7(9)10-4-5(6)3-8/h3,7-8,11H,1,4-6,9-10H2,2H3,(H,17,21);2,4H,1H3,(H2,9,10). The molecule has 0 spiro atoms. The van der Waals surface area contributed by atoms with Crippen LogP contribution in [0.15, 0.2) is 43.1 Å². The first-order valence-electron chi connectivity index (χ1n) is 10.3. The predicted octanol–water partition coefficient (Wildman–Crippen LogP) is 3.23. The van der Waals surface area contributed by atoms with Gasteiger partial charge in [0.25, 0.3) is 0 Å². The first-order chi connectivity index (χ1) is 15.5. The van der Waals surface area contributed by atoms with Crippen molar-refractivity contribution in [3.05, 3.63) is 48.7 Å². The minimum atomic E-state index is -0.207. The Hall–Kier alpha value is -4.06. The number of methoxy groups -OCH3 is 1. The number of nitrogen functional groups attached to an aromatic ring is 1. The summed E-state index contributed by atoms with van der Waals surface area (Å²) < 4.78 is 7.00. The van der Waals surface area contributed by atoms with Gasteiger partial charge in [0.2, 0.25) is 11.9 Å². The van der Waals surface area contributed by atoms with Crippen molar-refractivity contribution in [2.24, 2.45) is 7.05 Å². The van der Waals surface area contributed by atoms with E-state index in [-0.39, 0.29) is 5.91 Å². The Morgan fingerprint density at radius 3 is 2.72 bits per heavy atom. The van der Waals surface area contributed by atoms with Gasteiger partial charge in [0.15, 0.2) is 0 Å². The van der Waals surface area contributed by atoms with Gasteiger partial charge in [-0.3, -0.25) is 4.79 Å². The molecule has 2 aromatic heterocycles. The van der Waals surface area contributed by atoms with Crippen molar-refractivity contribution in [3.8, 4) is 11.8 Å². The van der Waals surface area contributed by atoms with Gasteiger partial charge in [0.1, 0.15) is 23.2 Å². The van der Waals surface area contributed by atoms with Crippen molar-refractivity contribution in [1.29, 1.82) is 5.26 Å². The van der Waals surface area contributed by atoms with Crippen LogP contribution in [-0.4, -0.2) is 40.6 Å². The number of carbonyl (C=O) groups is 1. The van der Waals surface area contributed by atoms with Crippen molar-refractivity contribution in [2.75, 3.05) is 36.1 Å². The Morgan fingerprint density at radius 2 is 2.06 bits per heavy atom. The quantitative estimate of drug-likeness (QED) is 0.606. The Labute approximate surface area is 187 Å². The normalized spacial score (nSPS) is 13.0. The van der Waals surface area contributed by atoms with E-state index in [0.717, 1.165) is 35.8 Å². The molecule has 166 valence electrons. The number of anilines is 3. The summed E-state index contributed by atoms with van der Waals surface area (Å²) in [6, 6.07) is 9.24. The van der Waals surface area contributed by atoms with Crippen molar-refractivity contribution >= 4 is 34.4 Å². The van der Waals surface area contributed by atoms with Crippen LogP contribution in [0.4, 0.5) is 17.5 Å². The van der Waals surface area contributed by atoms with Gasteiger partial charge in [0, 0.05) is 31.9 Å². The Morgan fingerprint density at radius 1 is 1.31 bits per heavy atom. The number of piperidine rings is 1. The van der Waals surface area contributed by atoms with E-state index in [1.807, 2.05) is 31.3 Å². The molecule has 1 fully saturated rings. The second kappa shape index (κ2) is 10.3. The lowest BCUT2D eigenvalue weighted by Crippen LogP contribution is -2.31.